The van der Waals surface area contributed by atoms with E-state index in [4.69, 9.17) is 0 Å². The van der Waals surface area contributed by atoms with E-state index in [-0.39, 0.29) is 17.0 Å². The summed E-state index contributed by atoms with van der Waals surface area (Å²) < 4.78 is 0. The molecule has 2 aromatic carbocycles. The third-order valence-corrected chi connectivity index (χ3v) is 4.95. The van der Waals surface area contributed by atoms with Gasteiger partial charge >= 0.3 is 0 Å². The van der Waals surface area contributed by atoms with Crippen molar-refractivity contribution in [1.82, 2.24) is 15.3 Å². The summed E-state index contributed by atoms with van der Waals surface area (Å²) >= 11 is 0. The van der Waals surface area contributed by atoms with Gasteiger partial charge in [-0.3, -0.25) is 9.59 Å². The molecule has 1 aliphatic rings. The van der Waals surface area contributed by atoms with Crippen molar-refractivity contribution in [3.63, 3.8) is 0 Å². The predicted molar refractivity (Wildman–Crippen MR) is 105 cm³/mol. The van der Waals surface area contributed by atoms with E-state index >= 15 is 0 Å². The summed E-state index contributed by atoms with van der Waals surface area (Å²) in [5.74, 6) is 0.0960. The molecule has 27 heavy (non-hydrogen) atoms. The van der Waals surface area contributed by atoms with Crippen LogP contribution in [-0.4, -0.2) is 21.4 Å². The van der Waals surface area contributed by atoms with Crippen LogP contribution in [0.4, 0.5) is 0 Å². The van der Waals surface area contributed by atoms with Crippen molar-refractivity contribution in [3.05, 3.63) is 87.8 Å². The van der Waals surface area contributed by atoms with E-state index in [0.717, 1.165) is 30.4 Å². The van der Waals surface area contributed by atoms with Crippen LogP contribution in [0.2, 0.25) is 0 Å². The van der Waals surface area contributed by atoms with Crippen molar-refractivity contribution in [1.29, 1.82) is 0 Å². The molecule has 0 aliphatic heterocycles. The molecule has 1 amide bonds. The number of carbonyl (C=O) groups excluding carboxylic acids is 1. The first-order valence-corrected chi connectivity index (χ1v) is 9.07. The SMILES string of the molecule is Cc1cccc(-c2ncc(C(=O)NC3(Cc4ccccc4)CC3)c(=O)[nH]2)c1. The van der Waals surface area contributed by atoms with Crippen molar-refractivity contribution >= 4 is 5.91 Å². The topological polar surface area (TPSA) is 74.8 Å². The number of aromatic nitrogens is 2. The summed E-state index contributed by atoms with van der Waals surface area (Å²) in [7, 11) is 0. The Bertz CT molecular complexity index is 1040. The first-order valence-electron chi connectivity index (χ1n) is 9.07. The number of rotatable bonds is 5. The molecule has 3 aromatic rings. The van der Waals surface area contributed by atoms with Crippen molar-refractivity contribution in [3.8, 4) is 11.4 Å². The molecule has 1 saturated carbocycles. The summed E-state index contributed by atoms with van der Waals surface area (Å²) in [6, 6.07) is 17.8. The normalized spacial score (nSPS) is 14.6. The number of aromatic amines is 1. The fraction of sp³-hybridized carbons (Fsp3) is 0.227. The van der Waals surface area contributed by atoms with E-state index in [1.807, 2.05) is 49.4 Å². The quantitative estimate of drug-likeness (QED) is 0.734. The van der Waals surface area contributed by atoms with E-state index < -0.39 is 5.56 Å². The molecular formula is C22H21N3O2. The first-order chi connectivity index (χ1) is 13.0. The molecule has 2 N–H and O–H groups in total. The molecule has 5 nitrogen and oxygen atoms in total. The van der Waals surface area contributed by atoms with Crippen LogP contribution < -0.4 is 10.9 Å². The number of nitrogens with one attached hydrogen (secondary N) is 2. The average Bonchev–Trinajstić information content (AvgIpc) is 3.41. The molecule has 1 aliphatic carbocycles. The van der Waals surface area contributed by atoms with E-state index in [0.29, 0.717) is 5.82 Å². The number of amides is 1. The number of aryl methyl sites for hydroxylation is 1. The van der Waals surface area contributed by atoms with Gasteiger partial charge in [0, 0.05) is 17.3 Å². The molecule has 0 spiro atoms. The Hall–Kier alpha value is -3.21. The van der Waals surface area contributed by atoms with Crippen LogP contribution in [0.15, 0.2) is 65.6 Å². The highest BCUT2D eigenvalue weighted by Gasteiger charge is 2.44. The Morgan fingerprint density at radius 1 is 1.15 bits per heavy atom. The lowest BCUT2D eigenvalue weighted by Crippen LogP contribution is -2.40. The monoisotopic (exact) mass is 359 g/mol. The first kappa shape index (κ1) is 17.2. The maximum Gasteiger partial charge on any atom is 0.264 e. The number of hydrogen-bond donors (Lipinski definition) is 2. The minimum atomic E-state index is -0.422. The second-order valence-corrected chi connectivity index (χ2v) is 7.24. The lowest BCUT2D eigenvalue weighted by molar-refractivity contribution is 0.0929. The molecule has 1 aromatic heterocycles. The molecule has 4 rings (SSSR count). The standard InChI is InChI=1S/C22H21N3O2/c1-15-6-5-9-17(12-15)19-23-14-18(20(26)24-19)21(27)25-22(10-11-22)13-16-7-3-2-4-8-16/h2-9,12,14H,10-11,13H2,1H3,(H,25,27)(H,23,24,26). The number of nitrogens with zero attached hydrogens (tertiary/aromatic N) is 1. The summed E-state index contributed by atoms with van der Waals surface area (Å²) in [4.78, 5) is 32.1. The van der Waals surface area contributed by atoms with Gasteiger partial charge in [-0.05, 0) is 37.8 Å². The zero-order valence-corrected chi connectivity index (χ0v) is 15.2. The highest BCUT2D eigenvalue weighted by Crippen LogP contribution is 2.38. The molecule has 1 fully saturated rings. The van der Waals surface area contributed by atoms with Crippen LogP contribution >= 0.6 is 0 Å². The van der Waals surface area contributed by atoms with Crippen molar-refractivity contribution < 1.29 is 4.79 Å². The van der Waals surface area contributed by atoms with Gasteiger partial charge in [0.2, 0.25) is 0 Å². The van der Waals surface area contributed by atoms with Crippen LogP contribution in [0.25, 0.3) is 11.4 Å². The third-order valence-electron chi connectivity index (χ3n) is 4.95. The van der Waals surface area contributed by atoms with Gasteiger partial charge in [0.1, 0.15) is 11.4 Å². The van der Waals surface area contributed by atoms with Crippen molar-refractivity contribution in [2.75, 3.05) is 0 Å². The molecule has 0 atom stereocenters. The number of carbonyl (C=O) groups is 1. The third kappa shape index (κ3) is 3.82. The number of H-pyrrole nitrogens is 1. The Balaban J connectivity index is 1.52. The van der Waals surface area contributed by atoms with Crippen LogP contribution in [0.5, 0.6) is 0 Å². The Morgan fingerprint density at radius 2 is 1.93 bits per heavy atom. The van der Waals surface area contributed by atoms with Gasteiger partial charge in [-0.2, -0.15) is 0 Å². The highest BCUT2D eigenvalue weighted by molar-refractivity contribution is 5.94. The molecule has 0 radical (unpaired) electrons. The Labute approximate surface area is 157 Å². The van der Waals surface area contributed by atoms with Crippen LogP contribution in [-0.2, 0) is 6.42 Å². The van der Waals surface area contributed by atoms with Gasteiger partial charge in [-0.15, -0.1) is 0 Å². The van der Waals surface area contributed by atoms with Crippen molar-refractivity contribution in [2.24, 2.45) is 0 Å². The molecule has 136 valence electrons. The maximum absolute atomic E-state index is 12.6. The summed E-state index contributed by atoms with van der Waals surface area (Å²) in [5, 5.41) is 3.04. The highest BCUT2D eigenvalue weighted by atomic mass is 16.2. The smallest absolute Gasteiger partial charge is 0.264 e. The van der Waals surface area contributed by atoms with Crippen LogP contribution in [0.1, 0.15) is 34.3 Å². The molecular weight excluding hydrogens is 338 g/mol. The predicted octanol–water partition coefficient (Wildman–Crippen LogP) is 3.25. The van der Waals surface area contributed by atoms with E-state index in [1.165, 1.54) is 11.8 Å². The number of benzene rings is 2. The summed E-state index contributed by atoms with van der Waals surface area (Å²) in [6.45, 7) is 1.98. The molecule has 0 unspecified atom stereocenters. The van der Waals surface area contributed by atoms with Gasteiger partial charge in [0.15, 0.2) is 0 Å². The van der Waals surface area contributed by atoms with Gasteiger partial charge in [0.25, 0.3) is 11.5 Å². The second-order valence-electron chi connectivity index (χ2n) is 7.24. The molecule has 0 saturated heterocycles. The van der Waals surface area contributed by atoms with Gasteiger partial charge < -0.3 is 10.3 Å². The minimum absolute atomic E-state index is 0.0470. The molecule has 5 heteroatoms. The maximum atomic E-state index is 12.6. The zero-order chi connectivity index (χ0) is 18.9. The van der Waals surface area contributed by atoms with Gasteiger partial charge in [0.05, 0.1) is 0 Å². The van der Waals surface area contributed by atoms with Crippen molar-refractivity contribution in [2.45, 2.75) is 31.7 Å². The van der Waals surface area contributed by atoms with Gasteiger partial charge in [-0.25, -0.2) is 4.98 Å². The molecule has 1 heterocycles. The Morgan fingerprint density at radius 3 is 2.59 bits per heavy atom. The van der Waals surface area contributed by atoms with Gasteiger partial charge in [-0.1, -0.05) is 54.1 Å². The summed E-state index contributed by atoms with van der Waals surface area (Å²) in [6.07, 6.45) is 3.97. The average molecular weight is 359 g/mol. The van der Waals surface area contributed by atoms with Crippen LogP contribution in [0.3, 0.4) is 0 Å². The fourth-order valence-corrected chi connectivity index (χ4v) is 3.29. The molecule has 0 bridgehead atoms. The van der Waals surface area contributed by atoms with E-state index in [2.05, 4.69) is 27.4 Å². The second kappa shape index (κ2) is 6.83. The number of hydrogen-bond acceptors (Lipinski definition) is 3. The lowest BCUT2D eigenvalue weighted by atomic mass is 10.0. The summed E-state index contributed by atoms with van der Waals surface area (Å²) in [5.41, 5.74) is 2.45. The van der Waals surface area contributed by atoms with E-state index in [1.54, 1.807) is 0 Å². The van der Waals surface area contributed by atoms with E-state index in [9.17, 15) is 9.59 Å². The Kier molecular flexibility index (Phi) is 4.36. The zero-order valence-electron chi connectivity index (χ0n) is 15.2. The fourth-order valence-electron chi connectivity index (χ4n) is 3.29. The lowest BCUT2D eigenvalue weighted by Gasteiger charge is -2.17. The van der Waals surface area contributed by atoms with Crippen LogP contribution in [0, 0.1) is 6.92 Å². The largest absolute Gasteiger partial charge is 0.346 e. The minimum Gasteiger partial charge on any atom is -0.346 e.